The van der Waals surface area contributed by atoms with Gasteiger partial charge in [0.2, 0.25) is 11.8 Å². The molecule has 28 heavy (non-hydrogen) atoms. The average Bonchev–Trinajstić information content (AvgIpc) is 3.15. The maximum atomic E-state index is 13.0. The summed E-state index contributed by atoms with van der Waals surface area (Å²) in [5, 5.41) is 8.18. The molecule has 9 heteroatoms. The van der Waals surface area contributed by atoms with Gasteiger partial charge in [0.15, 0.2) is 0 Å². The molecule has 3 amide bonds. The third-order valence-electron chi connectivity index (χ3n) is 4.91. The van der Waals surface area contributed by atoms with Crippen LogP contribution >= 0.6 is 11.8 Å². The van der Waals surface area contributed by atoms with Gasteiger partial charge in [0.1, 0.15) is 5.75 Å². The van der Waals surface area contributed by atoms with Crippen molar-refractivity contribution in [3.8, 4) is 5.75 Å². The molecular formula is C19H25N3O5S. The van der Waals surface area contributed by atoms with Crippen LogP contribution in [0.5, 0.6) is 5.75 Å². The molecule has 1 fully saturated rings. The Morgan fingerprint density at radius 3 is 2.82 bits per heavy atom. The van der Waals surface area contributed by atoms with Crippen molar-refractivity contribution in [3.63, 3.8) is 0 Å². The summed E-state index contributed by atoms with van der Waals surface area (Å²) in [5.74, 6) is 0.112. The fourth-order valence-electron chi connectivity index (χ4n) is 3.50. The number of amides is 3. The number of thioether (sulfide) groups is 1. The van der Waals surface area contributed by atoms with Crippen LogP contribution in [0.15, 0.2) is 18.2 Å². The van der Waals surface area contributed by atoms with E-state index in [1.807, 2.05) is 18.2 Å². The molecule has 0 bridgehead atoms. The Morgan fingerprint density at radius 2 is 2.07 bits per heavy atom. The minimum Gasteiger partial charge on any atom is -0.497 e. The van der Waals surface area contributed by atoms with E-state index in [1.165, 1.54) is 11.8 Å². The summed E-state index contributed by atoms with van der Waals surface area (Å²) >= 11 is 1.52. The second-order valence-electron chi connectivity index (χ2n) is 6.63. The van der Waals surface area contributed by atoms with Crippen molar-refractivity contribution in [1.82, 2.24) is 10.6 Å². The minimum absolute atomic E-state index is 0.121. The van der Waals surface area contributed by atoms with Gasteiger partial charge in [0.25, 0.3) is 0 Å². The third-order valence-corrected chi connectivity index (χ3v) is 6.19. The SMILES string of the molecule is CCOC(=O)NC(=O)C1CCSC1NC(=O)C1CCNc2ccc(OC)cc21. The quantitative estimate of drug-likeness (QED) is 0.686. The lowest BCUT2D eigenvalue weighted by Gasteiger charge is -2.28. The molecule has 2 aliphatic heterocycles. The number of hydrogen-bond acceptors (Lipinski definition) is 7. The standard InChI is InChI=1S/C19H25N3O5S/c1-3-27-19(25)22-17(24)13-7-9-28-18(13)21-16(23)12-6-8-20-15-5-4-11(26-2)10-14(12)15/h4-5,10,12-13,18,20H,3,6-9H2,1-2H3,(H,21,23)(H,22,24,25). The number of carbonyl (C=O) groups is 3. The maximum Gasteiger partial charge on any atom is 0.413 e. The van der Waals surface area contributed by atoms with Crippen molar-refractivity contribution in [1.29, 1.82) is 0 Å². The van der Waals surface area contributed by atoms with Crippen molar-refractivity contribution in [3.05, 3.63) is 23.8 Å². The summed E-state index contributed by atoms with van der Waals surface area (Å²) in [6.07, 6.45) is 0.495. The van der Waals surface area contributed by atoms with Crippen LogP contribution < -0.4 is 20.7 Å². The molecule has 3 N–H and O–H groups in total. The summed E-state index contributed by atoms with van der Waals surface area (Å²) in [5.41, 5.74) is 1.81. The molecule has 0 aliphatic carbocycles. The van der Waals surface area contributed by atoms with E-state index in [4.69, 9.17) is 9.47 Å². The second kappa shape index (κ2) is 9.18. The lowest BCUT2D eigenvalue weighted by atomic mass is 9.89. The molecule has 0 aromatic heterocycles. The monoisotopic (exact) mass is 407 g/mol. The van der Waals surface area contributed by atoms with Crippen LogP contribution in [0.1, 0.15) is 31.2 Å². The third kappa shape index (κ3) is 4.52. The molecular weight excluding hydrogens is 382 g/mol. The zero-order valence-electron chi connectivity index (χ0n) is 15.9. The summed E-state index contributed by atoms with van der Waals surface area (Å²) < 4.78 is 10.0. The topological polar surface area (TPSA) is 106 Å². The van der Waals surface area contributed by atoms with Gasteiger partial charge < -0.3 is 20.1 Å². The Hall–Kier alpha value is -2.42. The van der Waals surface area contributed by atoms with Crippen LogP contribution in [-0.2, 0) is 14.3 Å². The largest absolute Gasteiger partial charge is 0.497 e. The van der Waals surface area contributed by atoms with E-state index >= 15 is 0 Å². The van der Waals surface area contributed by atoms with E-state index in [0.29, 0.717) is 25.1 Å². The Morgan fingerprint density at radius 1 is 1.25 bits per heavy atom. The van der Waals surface area contributed by atoms with E-state index in [2.05, 4.69) is 16.0 Å². The Labute approximate surface area is 168 Å². The number of hydrogen-bond donors (Lipinski definition) is 3. The van der Waals surface area contributed by atoms with Crippen molar-refractivity contribution in [2.45, 2.75) is 31.1 Å². The van der Waals surface area contributed by atoms with Crippen molar-refractivity contribution in [2.24, 2.45) is 5.92 Å². The van der Waals surface area contributed by atoms with Gasteiger partial charge in [-0.25, -0.2) is 4.79 Å². The molecule has 3 unspecified atom stereocenters. The van der Waals surface area contributed by atoms with E-state index in [1.54, 1.807) is 14.0 Å². The van der Waals surface area contributed by atoms with Gasteiger partial charge >= 0.3 is 6.09 Å². The van der Waals surface area contributed by atoms with E-state index < -0.39 is 17.9 Å². The first-order valence-electron chi connectivity index (χ1n) is 9.35. The summed E-state index contributed by atoms with van der Waals surface area (Å²) in [7, 11) is 1.59. The normalized spacial score (nSPS) is 23.1. The summed E-state index contributed by atoms with van der Waals surface area (Å²) in [6.45, 7) is 2.56. The number of carbonyl (C=O) groups excluding carboxylic acids is 3. The zero-order valence-corrected chi connectivity index (χ0v) is 16.8. The molecule has 2 aliphatic rings. The molecule has 1 saturated heterocycles. The smallest absolute Gasteiger partial charge is 0.413 e. The fourth-order valence-corrected chi connectivity index (χ4v) is 4.83. The summed E-state index contributed by atoms with van der Waals surface area (Å²) in [4.78, 5) is 36.9. The maximum absolute atomic E-state index is 13.0. The van der Waals surface area contributed by atoms with Crippen molar-refractivity contribution >= 4 is 35.4 Å². The van der Waals surface area contributed by atoms with Gasteiger partial charge in [-0.1, -0.05) is 0 Å². The van der Waals surface area contributed by atoms with Gasteiger partial charge in [-0.05, 0) is 49.3 Å². The molecule has 8 nitrogen and oxygen atoms in total. The number of nitrogens with one attached hydrogen (secondary N) is 3. The molecule has 3 atom stereocenters. The molecule has 0 spiro atoms. The van der Waals surface area contributed by atoms with E-state index in [9.17, 15) is 14.4 Å². The van der Waals surface area contributed by atoms with Crippen LogP contribution in [0, 0.1) is 5.92 Å². The Balaban J connectivity index is 1.68. The van der Waals surface area contributed by atoms with Gasteiger partial charge in [-0.3, -0.25) is 14.9 Å². The lowest BCUT2D eigenvalue weighted by Crippen LogP contribution is -2.46. The highest BCUT2D eigenvalue weighted by molar-refractivity contribution is 8.00. The predicted octanol–water partition coefficient (Wildman–Crippen LogP) is 2.06. The minimum atomic E-state index is -0.756. The van der Waals surface area contributed by atoms with Crippen LogP contribution in [-0.4, -0.2) is 49.3 Å². The van der Waals surface area contributed by atoms with Crippen LogP contribution in [0.3, 0.4) is 0 Å². The first-order chi connectivity index (χ1) is 13.5. The summed E-state index contributed by atoms with van der Waals surface area (Å²) in [6, 6.07) is 5.64. The number of rotatable bonds is 5. The number of alkyl carbamates (subject to hydrolysis) is 1. The highest BCUT2D eigenvalue weighted by Crippen LogP contribution is 2.36. The average molecular weight is 407 g/mol. The Bertz CT molecular complexity index is 757. The first-order valence-corrected chi connectivity index (χ1v) is 10.4. The van der Waals surface area contributed by atoms with E-state index in [0.717, 1.165) is 17.0 Å². The highest BCUT2D eigenvalue weighted by Gasteiger charge is 2.37. The molecule has 1 aromatic rings. The molecule has 0 saturated carbocycles. The van der Waals surface area contributed by atoms with Crippen LogP contribution in [0.25, 0.3) is 0 Å². The number of imide groups is 1. The first kappa shape index (κ1) is 20.3. The molecule has 1 aromatic carbocycles. The van der Waals surface area contributed by atoms with Gasteiger partial charge in [0, 0.05) is 12.2 Å². The number of anilines is 1. The fraction of sp³-hybridized carbons (Fsp3) is 0.526. The number of methoxy groups -OCH3 is 1. The zero-order chi connectivity index (χ0) is 20.1. The molecule has 152 valence electrons. The van der Waals surface area contributed by atoms with Crippen LogP contribution in [0.2, 0.25) is 0 Å². The van der Waals surface area contributed by atoms with Gasteiger partial charge in [-0.15, -0.1) is 11.8 Å². The van der Waals surface area contributed by atoms with E-state index in [-0.39, 0.29) is 23.8 Å². The number of fused-ring (bicyclic) bond motifs is 1. The number of ether oxygens (including phenoxy) is 2. The van der Waals surface area contributed by atoms with Crippen molar-refractivity contribution < 1.29 is 23.9 Å². The van der Waals surface area contributed by atoms with Crippen LogP contribution in [0.4, 0.5) is 10.5 Å². The van der Waals surface area contributed by atoms with Gasteiger partial charge in [-0.2, -0.15) is 0 Å². The number of benzene rings is 1. The molecule has 2 heterocycles. The molecule has 0 radical (unpaired) electrons. The predicted molar refractivity (Wildman–Crippen MR) is 107 cm³/mol. The van der Waals surface area contributed by atoms with Crippen molar-refractivity contribution in [2.75, 3.05) is 31.3 Å². The second-order valence-corrected chi connectivity index (χ2v) is 7.88. The molecule has 3 rings (SSSR count). The Kier molecular flexibility index (Phi) is 6.66. The highest BCUT2D eigenvalue weighted by atomic mass is 32.2. The lowest BCUT2D eigenvalue weighted by molar-refractivity contribution is -0.126. The van der Waals surface area contributed by atoms with Gasteiger partial charge in [0.05, 0.1) is 30.9 Å².